The van der Waals surface area contributed by atoms with Gasteiger partial charge < -0.3 is 9.80 Å². The molecule has 4 aliphatic rings. The largest absolute Gasteiger partial charge is 0.333 e. The minimum atomic E-state index is -0.383. The van der Waals surface area contributed by atoms with E-state index in [-0.39, 0.29) is 41.3 Å². The molecule has 5 rings (SSSR count). The van der Waals surface area contributed by atoms with Gasteiger partial charge in [0.1, 0.15) is 6.04 Å². The molecule has 4 heterocycles. The monoisotopic (exact) mass is 412 g/mol. The van der Waals surface area contributed by atoms with Crippen LogP contribution in [0.1, 0.15) is 62.8 Å². The molecular formula is C22H25ClN4O2. The van der Waals surface area contributed by atoms with Crippen LogP contribution >= 0.6 is 11.6 Å². The summed E-state index contributed by atoms with van der Waals surface area (Å²) in [6.45, 7) is 0.502. The normalized spacial score (nSPS) is 32.8. The molecule has 4 fully saturated rings. The predicted octanol–water partition coefficient (Wildman–Crippen LogP) is 3.27. The first-order valence-electron chi connectivity index (χ1n) is 10.7. The second-order valence-corrected chi connectivity index (χ2v) is 9.43. The molecule has 29 heavy (non-hydrogen) atoms. The van der Waals surface area contributed by atoms with Crippen LogP contribution in [0, 0.1) is 17.2 Å². The summed E-state index contributed by atoms with van der Waals surface area (Å²) >= 11 is 6.14. The van der Waals surface area contributed by atoms with Crippen molar-refractivity contribution in [2.75, 3.05) is 6.54 Å². The molecule has 1 aromatic heterocycles. The van der Waals surface area contributed by atoms with Gasteiger partial charge in [-0.05, 0) is 50.2 Å². The van der Waals surface area contributed by atoms with Gasteiger partial charge in [0.15, 0.2) is 0 Å². The van der Waals surface area contributed by atoms with Gasteiger partial charge in [0, 0.05) is 37.3 Å². The summed E-state index contributed by atoms with van der Waals surface area (Å²) in [6, 6.07) is 4.19. The zero-order valence-corrected chi connectivity index (χ0v) is 17.1. The second kappa shape index (κ2) is 6.98. The Morgan fingerprint density at radius 2 is 2.07 bits per heavy atom. The number of aromatic nitrogens is 1. The first-order chi connectivity index (χ1) is 14.0. The fraction of sp³-hybridized carbons (Fsp3) is 0.636. The van der Waals surface area contributed by atoms with Crippen molar-refractivity contribution < 1.29 is 9.59 Å². The number of fused-ring (bicyclic) bond motifs is 1. The lowest BCUT2D eigenvalue weighted by Crippen LogP contribution is -2.52. The smallest absolute Gasteiger partial charge is 0.245 e. The van der Waals surface area contributed by atoms with Crippen LogP contribution in [-0.4, -0.2) is 50.8 Å². The Bertz CT molecular complexity index is 893. The van der Waals surface area contributed by atoms with Gasteiger partial charge in [0.2, 0.25) is 11.8 Å². The Kier molecular flexibility index (Phi) is 4.54. The number of hydrogen-bond donors (Lipinski definition) is 0. The molecule has 3 aliphatic heterocycles. The van der Waals surface area contributed by atoms with Gasteiger partial charge in [-0.25, -0.2) is 0 Å². The van der Waals surface area contributed by atoms with E-state index >= 15 is 0 Å². The fourth-order valence-electron chi connectivity index (χ4n) is 5.94. The molecule has 6 nitrogen and oxygen atoms in total. The maximum Gasteiger partial charge on any atom is 0.245 e. The van der Waals surface area contributed by atoms with Crippen molar-refractivity contribution in [2.45, 2.75) is 74.9 Å². The number of rotatable bonds is 2. The van der Waals surface area contributed by atoms with Gasteiger partial charge in [-0.3, -0.25) is 14.6 Å². The average molecular weight is 413 g/mol. The summed E-state index contributed by atoms with van der Waals surface area (Å²) < 4.78 is 0. The van der Waals surface area contributed by atoms with Crippen molar-refractivity contribution in [1.82, 2.24) is 14.8 Å². The minimum Gasteiger partial charge on any atom is -0.333 e. The number of likely N-dealkylation sites (tertiary alicyclic amines) is 1. The lowest BCUT2D eigenvalue weighted by atomic mass is 9.85. The van der Waals surface area contributed by atoms with Crippen LogP contribution in [0.15, 0.2) is 18.5 Å². The number of pyridine rings is 1. The summed E-state index contributed by atoms with van der Waals surface area (Å²) in [7, 11) is 0. The molecule has 1 aliphatic carbocycles. The molecular weight excluding hydrogens is 388 g/mol. The van der Waals surface area contributed by atoms with Gasteiger partial charge in [-0.15, -0.1) is 0 Å². The summed E-state index contributed by atoms with van der Waals surface area (Å²) in [5.41, 5.74) is 0.534. The van der Waals surface area contributed by atoms with E-state index in [0.717, 1.165) is 50.5 Å². The number of amides is 2. The van der Waals surface area contributed by atoms with Gasteiger partial charge in [0.25, 0.3) is 0 Å². The summed E-state index contributed by atoms with van der Waals surface area (Å²) in [5, 5.41) is 10.5. The number of carbonyl (C=O) groups excluding carboxylic acids is 2. The molecule has 0 bridgehead atoms. The minimum absolute atomic E-state index is 0.0398. The van der Waals surface area contributed by atoms with Crippen LogP contribution in [0.5, 0.6) is 0 Å². The maximum absolute atomic E-state index is 13.7. The van der Waals surface area contributed by atoms with Crippen LogP contribution in [0.4, 0.5) is 0 Å². The highest BCUT2D eigenvalue weighted by molar-refractivity contribution is 6.30. The van der Waals surface area contributed by atoms with Crippen molar-refractivity contribution in [3.05, 3.63) is 29.0 Å². The van der Waals surface area contributed by atoms with Crippen molar-refractivity contribution in [1.29, 1.82) is 5.26 Å². The Hall–Kier alpha value is -2.13. The molecule has 1 aromatic rings. The van der Waals surface area contributed by atoms with Crippen molar-refractivity contribution >= 4 is 23.4 Å². The fourth-order valence-corrected chi connectivity index (χ4v) is 6.12. The number of halogens is 1. The maximum atomic E-state index is 13.7. The highest BCUT2D eigenvalue weighted by atomic mass is 35.5. The molecule has 0 aromatic carbocycles. The van der Waals surface area contributed by atoms with E-state index < -0.39 is 0 Å². The van der Waals surface area contributed by atoms with E-state index in [1.807, 2.05) is 15.9 Å². The number of hydrogen-bond acceptors (Lipinski definition) is 4. The van der Waals surface area contributed by atoms with Gasteiger partial charge >= 0.3 is 0 Å². The van der Waals surface area contributed by atoms with E-state index in [9.17, 15) is 14.9 Å². The number of nitrogens with zero attached hydrogens (tertiary/aromatic N) is 4. The first kappa shape index (κ1) is 18.9. The Labute approximate surface area is 175 Å². The third-order valence-corrected chi connectivity index (χ3v) is 7.68. The second-order valence-electron chi connectivity index (χ2n) is 9.00. The summed E-state index contributed by atoms with van der Waals surface area (Å²) in [6.07, 6.45) is 10.2. The quantitative estimate of drug-likeness (QED) is 0.746. The van der Waals surface area contributed by atoms with Gasteiger partial charge in [0.05, 0.1) is 22.5 Å². The van der Waals surface area contributed by atoms with Crippen LogP contribution in [-0.2, 0) is 9.59 Å². The number of carbonyl (C=O) groups is 2. The summed E-state index contributed by atoms with van der Waals surface area (Å²) in [5.74, 6) is -0.184. The standard InChI is InChI=1S/C22H25ClN4O2/c23-15-9-14(11-25-12-15)17-13-26(22(7-8-22)18(17)10-24)21(29)19-6-5-16-3-1-2-4-20(28)27(16)19/h9,11-12,16-19H,1-8,13H2/t16-,17+,18+,19-/m0/s1. The van der Waals surface area contributed by atoms with Crippen molar-refractivity contribution in [2.24, 2.45) is 5.92 Å². The van der Waals surface area contributed by atoms with E-state index in [1.54, 1.807) is 12.4 Å². The van der Waals surface area contributed by atoms with E-state index in [2.05, 4.69) is 11.1 Å². The molecule has 4 atom stereocenters. The molecule has 1 saturated carbocycles. The average Bonchev–Trinajstić information content (AvgIpc) is 3.32. The third kappa shape index (κ3) is 2.93. The van der Waals surface area contributed by atoms with E-state index in [0.29, 0.717) is 18.0 Å². The lowest BCUT2D eigenvalue weighted by Gasteiger charge is -2.34. The van der Waals surface area contributed by atoms with Crippen LogP contribution in [0.2, 0.25) is 5.02 Å². The zero-order chi connectivity index (χ0) is 20.2. The van der Waals surface area contributed by atoms with Gasteiger partial charge in [-0.1, -0.05) is 18.0 Å². The van der Waals surface area contributed by atoms with Crippen molar-refractivity contribution in [3.8, 4) is 6.07 Å². The van der Waals surface area contributed by atoms with Gasteiger partial charge in [-0.2, -0.15) is 5.26 Å². The molecule has 0 unspecified atom stereocenters. The molecule has 0 N–H and O–H groups in total. The molecule has 3 saturated heterocycles. The molecule has 7 heteroatoms. The van der Waals surface area contributed by atoms with Crippen LogP contribution in [0.25, 0.3) is 0 Å². The summed E-state index contributed by atoms with van der Waals surface area (Å²) in [4.78, 5) is 34.5. The number of nitriles is 1. The molecule has 1 spiro atoms. The van der Waals surface area contributed by atoms with Crippen LogP contribution < -0.4 is 0 Å². The topological polar surface area (TPSA) is 77.3 Å². The highest BCUT2D eigenvalue weighted by Crippen LogP contribution is 2.58. The third-order valence-electron chi connectivity index (χ3n) is 7.47. The molecule has 2 amide bonds. The van der Waals surface area contributed by atoms with E-state index in [4.69, 9.17) is 11.6 Å². The Morgan fingerprint density at radius 3 is 2.79 bits per heavy atom. The predicted molar refractivity (Wildman–Crippen MR) is 107 cm³/mol. The SMILES string of the molecule is N#C[C@@H]1[C@@H](c2cncc(Cl)c2)CN(C(=O)[C@@H]2CC[C@@H]3CCCCC(=O)N32)C12CC2. The lowest BCUT2D eigenvalue weighted by molar-refractivity contribution is -0.146. The Balaban J connectivity index is 1.44. The zero-order valence-electron chi connectivity index (χ0n) is 16.4. The van der Waals surface area contributed by atoms with Crippen LogP contribution in [0.3, 0.4) is 0 Å². The van der Waals surface area contributed by atoms with Crippen molar-refractivity contribution in [3.63, 3.8) is 0 Å². The Morgan fingerprint density at radius 1 is 1.24 bits per heavy atom. The molecule has 152 valence electrons. The first-order valence-corrected chi connectivity index (χ1v) is 11.1. The molecule has 0 radical (unpaired) electrons. The van der Waals surface area contributed by atoms with E-state index in [1.165, 1.54) is 0 Å². The highest BCUT2D eigenvalue weighted by Gasteiger charge is 2.64.